The van der Waals surface area contributed by atoms with Crippen LogP contribution < -0.4 is 9.80 Å². The SMILES string of the molecule is CN(C)c1cc(N2CCO[C@H](c3ccc(Cl)c(Cl)c3)C2)ncn1. The molecule has 0 radical (unpaired) electrons. The van der Waals surface area contributed by atoms with E-state index in [4.69, 9.17) is 27.9 Å². The minimum Gasteiger partial charge on any atom is -0.370 e. The maximum absolute atomic E-state index is 6.11. The van der Waals surface area contributed by atoms with Crippen LogP contribution in [0.2, 0.25) is 10.0 Å². The van der Waals surface area contributed by atoms with E-state index < -0.39 is 0 Å². The molecule has 7 heteroatoms. The van der Waals surface area contributed by atoms with Crippen LogP contribution in [0.25, 0.3) is 0 Å². The van der Waals surface area contributed by atoms with Gasteiger partial charge in [-0.05, 0) is 17.7 Å². The standard InChI is InChI=1S/C16H18Cl2N4O/c1-21(2)15-8-16(20-10-19-15)22-5-6-23-14(9-22)11-3-4-12(17)13(18)7-11/h3-4,7-8,10,14H,5-6,9H2,1-2H3/t14-/m0/s1. The predicted molar refractivity (Wildman–Crippen MR) is 93.7 cm³/mol. The lowest BCUT2D eigenvalue weighted by atomic mass is 10.1. The zero-order valence-electron chi connectivity index (χ0n) is 13.0. The molecule has 5 nitrogen and oxygen atoms in total. The number of benzene rings is 1. The number of nitrogens with zero attached hydrogens (tertiary/aromatic N) is 4. The van der Waals surface area contributed by atoms with Crippen molar-refractivity contribution in [1.29, 1.82) is 0 Å². The first-order valence-electron chi connectivity index (χ1n) is 7.35. The Morgan fingerprint density at radius 2 is 2.00 bits per heavy atom. The Labute approximate surface area is 145 Å². The van der Waals surface area contributed by atoms with Crippen LogP contribution in [0.15, 0.2) is 30.6 Å². The third-order valence-corrected chi connectivity index (χ3v) is 4.54. The molecule has 1 saturated heterocycles. The smallest absolute Gasteiger partial charge is 0.134 e. The molecule has 1 aromatic carbocycles. The molecule has 122 valence electrons. The number of rotatable bonds is 3. The van der Waals surface area contributed by atoms with E-state index >= 15 is 0 Å². The van der Waals surface area contributed by atoms with Gasteiger partial charge in [0.1, 0.15) is 24.1 Å². The van der Waals surface area contributed by atoms with E-state index in [0.717, 1.165) is 23.7 Å². The van der Waals surface area contributed by atoms with Gasteiger partial charge in [-0.2, -0.15) is 0 Å². The fraction of sp³-hybridized carbons (Fsp3) is 0.375. The van der Waals surface area contributed by atoms with E-state index in [9.17, 15) is 0 Å². The van der Waals surface area contributed by atoms with Gasteiger partial charge in [-0.3, -0.25) is 0 Å². The largest absolute Gasteiger partial charge is 0.370 e. The molecule has 1 aliphatic rings. The van der Waals surface area contributed by atoms with Crippen molar-refractivity contribution in [3.8, 4) is 0 Å². The lowest BCUT2D eigenvalue weighted by Crippen LogP contribution is -2.39. The number of ether oxygens (including phenoxy) is 1. The zero-order valence-corrected chi connectivity index (χ0v) is 14.6. The van der Waals surface area contributed by atoms with E-state index in [2.05, 4.69) is 14.9 Å². The van der Waals surface area contributed by atoms with Crippen molar-refractivity contribution in [2.75, 3.05) is 43.6 Å². The third kappa shape index (κ3) is 3.68. The second-order valence-corrected chi connectivity index (χ2v) is 6.42. The second-order valence-electron chi connectivity index (χ2n) is 5.61. The summed E-state index contributed by atoms with van der Waals surface area (Å²) in [6.45, 7) is 2.13. The van der Waals surface area contributed by atoms with Crippen LogP contribution in [0, 0.1) is 0 Å². The average molecular weight is 353 g/mol. The Morgan fingerprint density at radius 3 is 2.74 bits per heavy atom. The maximum Gasteiger partial charge on any atom is 0.134 e. The molecule has 0 bridgehead atoms. The Bertz CT molecular complexity index is 696. The van der Waals surface area contributed by atoms with Crippen LogP contribution in [-0.2, 0) is 4.74 Å². The molecule has 0 saturated carbocycles. The van der Waals surface area contributed by atoms with Gasteiger partial charge in [0, 0.05) is 33.3 Å². The fourth-order valence-electron chi connectivity index (χ4n) is 2.53. The molecule has 0 N–H and O–H groups in total. The molecule has 3 rings (SSSR count). The molecule has 0 amide bonds. The highest BCUT2D eigenvalue weighted by Gasteiger charge is 2.24. The predicted octanol–water partition coefficient (Wildman–Crippen LogP) is 3.43. The van der Waals surface area contributed by atoms with Crippen LogP contribution in [0.4, 0.5) is 11.6 Å². The van der Waals surface area contributed by atoms with Crippen molar-refractivity contribution in [2.24, 2.45) is 0 Å². The van der Waals surface area contributed by atoms with Gasteiger partial charge in [0.2, 0.25) is 0 Å². The van der Waals surface area contributed by atoms with E-state index in [1.54, 1.807) is 12.4 Å². The second kappa shape index (κ2) is 6.91. The summed E-state index contributed by atoms with van der Waals surface area (Å²) in [5.74, 6) is 1.78. The van der Waals surface area contributed by atoms with Crippen LogP contribution in [-0.4, -0.2) is 43.8 Å². The molecule has 23 heavy (non-hydrogen) atoms. The molecule has 1 atom stereocenters. The quantitative estimate of drug-likeness (QED) is 0.846. The van der Waals surface area contributed by atoms with Crippen molar-refractivity contribution >= 4 is 34.8 Å². The van der Waals surface area contributed by atoms with Gasteiger partial charge >= 0.3 is 0 Å². The molecule has 0 unspecified atom stereocenters. The van der Waals surface area contributed by atoms with Gasteiger partial charge in [-0.1, -0.05) is 29.3 Å². The highest BCUT2D eigenvalue weighted by atomic mass is 35.5. The van der Waals surface area contributed by atoms with Crippen molar-refractivity contribution in [2.45, 2.75) is 6.10 Å². The highest BCUT2D eigenvalue weighted by Crippen LogP contribution is 2.30. The number of hydrogen-bond donors (Lipinski definition) is 0. The van der Waals surface area contributed by atoms with Gasteiger partial charge in [-0.15, -0.1) is 0 Å². The topological polar surface area (TPSA) is 41.5 Å². The maximum atomic E-state index is 6.11. The van der Waals surface area contributed by atoms with Gasteiger partial charge < -0.3 is 14.5 Å². The van der Waals surface area contributed by atoms with E-state index in [0.29, 0.717) is 23.2 Å². The minimum atomic E-state index is -0.0590. The molecule has 0 spiro atoms. The van der Waals surface area contributed by atoms with E-state index in [1.165, 1.54) is 0 Å². The first kappa shape index (κ1) is 16.3. The molecular weight excluding hydrogens is 335 g/mol. The Balaban J connectivity index is 1.80. The Kier molecular flexibility index (Phi) is 4.90. The third-order valence-electron chi connectivity index (χ3n) is 3.80. The average Bonchev–Trinajstić information content (AvgIpc) is 2.57. The van der Waals surface area contributed by atoms with Gasteiger partial charge in [0.05, 0.1) is 16.7 Å². The Morgan fingerprint density at radius 1 is 1.17 bits per heavy atom. The van der Waals surface area contributed by atoms with Crippen LogP contribution in [0.1, 0.15) is 11.7 Å². The van der Waals surface area contributed by atoms with Crippen LogP contribution in [0.5, 0.6) is 0 Å². The first-order chi connectivity index (χ1) is 11.0. The Hall–Kier alpha value is -1.56. The number of aromatic nitrogens is 2. The molecule has 1 aromatic heterocycles. The lowest BCUT2D eigenvalue weighted by Gasteiger charge is -2.34. The molecular formula is C16H18Cl2N4O. The molecule has 2 heterocycles. The van der Waals surface area contributed by atoms with Crippen molar-refractivity contribution < 1.29 is 4.74 Å². The summed E-state index contributed by atoms with van der Waals surface area (Å²) in [5.41, 5.74) is 1.02. The summed E-state index contributed by atoms with van der Waals surface area (Å²) in [6, 6.07) is 7.60. The highest BCUT2D eigenvalue weighted by molar-refractivity contribution is 6.42. The van der Waals surface area contributed by atoms with Gasteiger partial charge in [0.15, 0.2) is 0 Å². The summed E-state index contributed by atoms with van der Waals surface area (Å²) in [5, 5.41) is 1.09. The summed E-state index contributed by atoms with van der Waals surface area (Å²) in [4.78, 5) is 12.8. The summed E-state index contributed by atoms with van der Waals surface area (Å²) in [7, 11) is 3.92. The lowest BCUT2D eigenvalue weighted by molar-refractivity contribution is 0.0395. The number of halogens is 2. The zero-order chi connectivity index (χ0) is 16.4. The van der Waals surface area contributed by atoms with Gasteiger partial charge in [-0.25, -0.2) is 9.97 Å². The monoisotopic (exact) mass is 352 g/mol. The summed E-state index contributed by atoms with van der Waals surface area (Å²) >= 11 is 12.1. The van der Waals surface area contributed by atoms with Crippen LogP contribution >= 0.6 is 23.2 Å². The molecule has 0 aliphatic carbocycles. The number of hydrogen-bond acceptors (Lipinski definition) is 5. The first-order valence-corrected chi connectivity index (χ1v) is 8.11. The normalized spacial score (nSPS) is 18.1. The summed E-state index contributed by atoms with van der Waals surface area (Å²) in [6.07, 6.45) is 1.53. The van der Waals surface area contributed by atoms with E-state index in [-0.39, 0.29) is 6.10 Å². The fourth-order valence-corrected chi connectivity index (χ4v) is 2.83. The van der Waals surface area contributed by atoms with Gasteiger partial charge in [0.25, 0.3) is 0 Å². The van der Waals surface area contributed by atoms with Crippen molar-refractivity contribution in [1.82, 2.24) is 9.97 Å². The minimum absolute atomic E-state index is 0.0590. The summed E-state index contributed by atoms with van der Waals surface area (Å²) < 4.78 is 5.89. The van der Waals surface area contributed by atoms with Crippen LogP contribution in [0.3, 0.4) is 0 Å². The van der Waals surface area contributed by atoms with Crippen molar-refractivity contribution in [3.05, 3.63) is 46.2 Å². The number of morpholine rings is 1. The van der Waals surface area contributed by atoms with Crippen molar-refractivity contribution in [3.63, 3.8) is 0 Å². The molecule has 2 aromatic rings. The van der Waals surface area contributed by atoms with E-state index in [1.807, 2.05) is 37.2 Å². The molecule has 1 aliphatic heterocycles. The number of anilines is 2. The molecule has 1 fully saturated rings.